The fraction of sp³-hybridized carbons (Fsp3) is 0.357. The smallest absolute Gasteiger partial charge is 0.406 e. The van der Waals surface area contributed by atoms with Crippen molar-refractivity contribution in [2.75, 3.05) is 6.54 Å². The van der Waals surface area contributed by atoms with Crippen molar-refractivity contribution in [3.8, 4) is 17.0 Å². The van der Waals surface area contributed by atoms with Gasteiger partial charge in [-0.1, -0.05) is 0 Å². The lowest BCUT2D eigenvalue weighted by atomic mass is 10.1. The van der Waals surface area contributed by atoms with Gasteiger partial charge in [0.15, 0.2) is 0 Å². The number of halogens is 3. The molecule has 1 aromatic heterocycles. The van der Waals surface area contributed by atoms with Crippen molar-refractivity contribution in [2.24, 2.45) is 5.73 Å². The van der Waals surface area contributed by atoms with Gasteiger partial charge >= 0.3 is 6.36 Å². The zero-order valence-corrected chi connectivity index (χ0v) is 11.3. The van der Waals surface area contributed by atoms with Gasteiger partial charge < -0.3 is 15.0 Å². The first-order valence-electron chi connectivity index (χ1n) is 6.56. The summed E-state index contributed by atoms with van der Waals surface area (Å²) in [6.45, 7) is 1.47. The van der Waals surface area contributed by atoms with E-state index in [0.29, 0.717) is 12.2 Å². The first-order chi connectivity index (χ1) is 9.98. The monoisotopic (exact) mass is 299 g/mol. The van der Waals surface area contributed by atoms with Gasteiger partial charge in [0.2, 0.25) is 0 Å². The number of aromatic nitrogens is 2. The van der Waals surface area contributed by atoms with E-state index in [2.05, 4.69) is 9.72 Å². The summed E-state index contributed by atoms with van der Waals surface area (Å²) in [5, 5.41) is 0. The van der Waals surface area contributed by atoms with Gasteiger partial charge in [0.1, 0.15) is 5.75 Å². The van der Waals surface area contributed by atoms with Crippen molar-refractivity contribution in [3.05, 3.63) is 36.8 Å². The third-order valence-electron chi connectivity index (χ3n) is 2.89. The fourth-order valence-electron chi connectivity index (χ4n) is 1.90. The maximum absolute atomic E-state index is 12.1. The van der Waals surface area contributed by atoms with Crippen LogP contribution in [0.5, 0.6) is 5.75 Å². The Bertz CT molecular complexity index is 564. The molecule has 0 amide bonds. The van der Waals surface area contributed by atoms with Gasteiger partial charge in [-0.05, 0) is 43.7 Å². The molecule has 2 aromatic rings. The Balaban J connectivity index is 2.02. The molecule has 0 aliphatic carbocycles. The molecule has 0 aliphatic heterocycles. The molecule has 0 aliphatic rings. The highest BCUT2D eigenvalue weighted by Crippen LogP contribution is 2.25. The second-order valence-corrected chi connectivity index (χ2v) is 4.56. The minimum absolute atomic E-state index is 0.242. The van der Waals surface area contributed by atoms with E-state index >= 15 is 0 Å². The molecule has 1 aromatic carbocycles. The lowest BCUT2D eigenvalue weighted by Crippen LogP contribution is -2.16. The summed E-state index contributed by atoms with van der Waals surface area (Å²) in [5.74, 6) is -0.242. The molecule has 0 atom stereocenters. The molecule has 0 saturated carbocycles. The van der Waals surface area contributed by atoms with E-state index in [9.17, 15) is 13.2 Å². The summed E-state index contributed by atoms with van der Waals surface area (Å²) in [6, 6.07) is 5.65. The van der Waals surface area contributed by atoms with Crippen LogP contribution in [0.3, 0.4) is 0 Å². The molecular formula is C14H16F3N3O. The predicted molar refractivity (Wildman–Crippen MR) is 72.6 cm³/mol. The number of benzene rings is 1. The van der Waals surface area contributed by atoms with Gasteiger partial charge in [-0.3, -0.25) is 0 Å². The normalized spacial score (nSPS) is 11.6. The lowest BCUT2D eigenvalue weighted by molar-refractivity contribution is -0.274. The third-order valence-corrected chi connectivity index (χ3v) is 2.89. The molecule has 114 valence electrons. The topological polar surface area (TPSA) is 53.1 Å². The van der Waals surface area contributed by atoms with Crippen LogP contribution in [-0.4, -0.2) is 22.5 Å². The molecule has 0 unspecified atom stereocenters. The van der Waals surface area contributed by atoms with Crippen molar-refractivity contribution >= 4 is 0 Å². The number of aryl methyl sites for hydroxylation is 1. The van der Waals surface area contributed by atoms with Gasteiger partial charge in [-0.2, -0.15) is 0 Å². The van der Waals surface area contributed by atoms with Crippen LogP contribution < -0.4 is 10.5 Å². The Morgan fingerprint density at radius 3 is 2.48 bits per heavy atom. The molecule has 21 heavy (non-hydrogen) atoms. The van der Waals surface area contributed by atoms with E-state index in [1.54, 1.807) is 18.5 Å². The van der Waals surface area contributed by atoms with Gasteiger partial charge in [0.05, 0.1) is 12.0 Å². The summed E-state index contributed by atoms with van der Waals surface area (Å²) in [5.41, 5.74) is 6.88. The Morgan fingerprint density at radius 1 is 1.14 bits per heavy atom. The highest BCUT2D eigenvalue weighted by Gasteiger charge is 2.30. The molecule has 0 fully saturated rings. The van der Waals surface area contributed by atoms with Crippen LogP contribution in [0.15, 0.2) is 36.8 Å². The first kappa shape index (κ1) is 15.4. The van der Waals surface area contributed by atoms with Crippen molar-refractivity contribution in [2.45, 2.75) is 25.7 Å². The quantitative estimate of drug-likeness (QED) is 0.833. The Hall–Kier alpha value is -2.02. The van der Waals surface area contributed by atoms with Crippen molar-refractivity contribution in [1.82, 2.24) is 9.55 Å². The van der Waals surface area contributed by atoms with E-state index in [4.69, 9.17) is 5.73 Å². The number of nitrogens with two attached hydrogens (primary N) is 1. The van der Waals surface area contributed by atoms with Crippen LogP contribution in [0.2, 0.25) is 0 Å². The molecule has 4 nitrogen and oxygen atoms in total. The molecule has 1 heterocycles. The maximum Gasteiger partial charge on any atom is 0.573 e. The van der Waals surface area contributed by atoms with Gasteiger partial charge in [0, 0.05) is 18.3 Å². The Morgan fingerprint density at radius 2 is 1.86 bits per heavy atom. The highest BCUT2D eigenvalue weighted by molar-refractivity contribution is 5.59. The zero-order chi connectivity index (χ0) is 15.3. The molecular weight excluding hydrogens is 283 g/mol. The SMILES string of the molecule is NCCCCn1cnc(-c2ccc(OC(F)(F)F)cc2)c1. The van der Waals surface area contributed by atoms with Crippen LogP contribution in [0.25, 0.3) is 11.3 Å². The van der Waals surface area contributed by atoms with E-state index < -0.39 is 6.36 Å². The molecule has 0 bridgehead atoms. The molecule has 0 radical (unpaired) electrons. The van der Waals surface area contributed by atoms with Gasteiger partial charge in [-0.15, -0.1) is 13.2 Å². The average Bonchev–Trinajstić information content (AvgIpc) is 2.87. The highest BCUT2D eigenvalue weighted by atomic mass is 19.4. The molecule has 7 heteroatoms. The van der Waals surface area contributed by atoms with Crippen LogP contribution in [-0.2, 0) is 6.54 Å². The number of alkyl halides is 3. The molecule has 2 N–H and O–H groups in total. The van der Waals surface area contributed by atoms with Gasteiger partial charge in [0.25, 0.3) is 0 Å². The van der Waals surface area contributed by atoms with E-state index in [-0.39, 0.29) is 5.75 Å². The minimum Gasteiger partial charge on any atom is -0.406 e. The summed E-state index contributed by atoms with van der Waals surface area (Å²) >= 11 is 0. The number of imidazole rings is 1. The number of hydrogen-bond acceptors (Lipinski definition) is 3. The van der Waals surface area contributed by atoms with Crippen molar-refractivity contribution in [1.29, 1.82) is 0 Å². The minimum atomic E-state index is -4.67. The first-order valence-corrected chi connectivity index (χ1v) is 6.56. The summed E-state index contributed by atoms with van der Waals surface area (Å²) in [7, 11) is 0. The van der Waals surface area contributed by atoms with E-state index in [1.165, 1.54) is 12.1 Å². The number of nitrogens with zero attached hydrogens (tertiary/aromatic N) is 2. The third kappa shape index (κ3) is 4.78. The average molecular weight is 299 g/mol. The largest absolute Gasteiger partial charge is 0.573 e. The van der Waals surface area contributed by atoms with Crippen molar-refractivity contribution < 1.29 is 17.9 Å². The summed E-state index contributed by atoms with van der Waals surface area (Å²) in [6.07, 6.45) is 0.788. The Labute approximate surface area is 120 Å². The van der Waals surface area contributed by atoms with Crippen LogP contribution >= 0.6 is 0 Å². The number of unbranched alkanes of at least 4 members (excludes halogenated alkanes) is 1. The van der Waals surface area contributed by atoms with Crippen LogP contribution in [0.1, 0.15) is 12.8 Å². The van der Waals surface area contributed by atoms with Gasteiger partial charge in [-0.25, -0.2) is 4.98 Å². The fourth-order valence-corrected chi connectivity index (χ4v) is 1.90. The molecule has 2 rings (SSSR count). The maximum atomic E-state index is 12.1. The standard InChI is InChI=1S/C14H16F3N3O/c15-14(16,17)21-12-5-3-11(4-6-12)13-9-20(10-19-13)8-2-1-7-18/h3-6,9-10H,1-2,7-8,18H2. The lowest BCUT2D eigenvalue weighted by Gasteiger charge is -2.08. The number of ether oxygens (including phenoxy) is 1. The van der Waals surface area contributed by atoms with Crippen molar-refractivity contribution in [3.63, 3.8) is 0 Å². The van der Waals surface area contributed by atoms with E-state index in [1.807, 2.05) is 10.8 Å². The summed E-state index contributed by atoms with van der Waals surface area (Å²) in [4.78, 5) is 4.24. The Kier molecular flexibility index (Phi) is 4.85. The summed E-state index contributed by atoms with van der Waals surface area (Å²) < 4.78 is 42.0. The molecule has 0 spiro atoms. The predicted octanol–water partition coefficient (Wildman–Crippen LogP) is 3.19. The molecule has 0 saturated heterocycles. The zero-order valence-electron chi connectivity index (χ0n) is 11.3. The van der Waals surface area contributed by atoms with Crippen LogP contribution in [0, 0.1) is 0 Å². The number of hydrogen-bond donors (Lipinski definition) is 1. The second-order valence-electron chi connectivity index (χ2n) is 4.56. The van der Waals surface area contributed by atoms with Crippen LogP contribution in [0.4, 0.5) is 13.2 Å². The van der Waals surface area contributed by atoms with E-state index in [0.717, 1.165) is 24.9 Å². The second kappa shape index (κ2) is 6.62. The number of rotatable bonds is 6.